The van der Waals surface area contributed by atoms with Crippen LogP contribution in [0, 0.1) is 33.5 Å². The third kappa shape index (κ3) is 2.82. The van der Waals surface area contributed by atoms with Crippen molar-refractivity contribution in [3.8, 4) is 0 Å². The van der Waals surface area contributed by atoms with E-state index in [0.29, 0.717) is 11.1 Å². The molecule has 0 saturated carbocycles. The fourth-order valence-electron chi connectivity index (χ4n) is 2.42. The summed E-state index contributed by atoms with van der Waals surface area (Å²) in [4.78, 5) is 0. The molecule has 0 saturated heterocycles. The van der Waals surface area contributed by atoms with Crippen LogP contribution in [0.2, 0.25) is 0 Å². The van der Waals surface area contributed by atoms with Crippen LogP contribution in [0.3, 0.4) is 0 Å². The van der Waals surface area contributed by atoms with Gasteiger partial charge in [-0.2, -0.15) is 0 Å². The van der Waals surface area contributed by atoms with Gasteiger partial charge in [0, 0.05) is 0 Å². The van der Waals surface area contributed by atoms with Crippen LogP contribution in [-0.2, 0) is 0 Å². The normalized spacial score (nSPS) is 12.5. The van der Waals surface area contributed by atoms with E-state index < -0.39 is 0 Å². The van der Waals surface area contributed by atoms with Gasteiger partial charge in [0.25, 0.3) is 0 Å². The van der Waals surface area contributed by atoms with E-state index in [1.54, 1.807) is 13.8 Å². The molecule has 0 aliphatic carbocycles. The van der Waals surface area contributed by atoms with Crippen LogP contribution in [0.1, 0.15) is 38.8 Å². The number of aryl methyl sites for hydroxylation is 4. The first-order valence-corrected chi connectivity index (χ1v) is 6.81. The molecule has 0 fully saturated rings. The molecule has 0 heterocycles. The largest absolute Gasteiger partial charge is 0.206 e. The molecule has 0 radical (unpaired) electrons. The lowest BCUT2D eigenvalue weighted by Crippen LogP contribution is -2.00. The molecule has 0 spiro atoms. The Morgan fingerprint density at radius 3 is 2.00 bits per heavy atom. The highest BCUT2D eigenvalue weighted by Crippen LogP contribution is 2.33. The van der Waals surface area contributed by atoms with E-state index in [-0.39, 0.29) is 11.2 Å². The molecular weight excluding hydrogens is 259 g/mol. The standard InChI is InChI=1S/C17H18ClF/c1-10-5-6-15(11(2)7-10)16(18)14-8-12(3)17(19)13(4)9-14/h5-9,16H,1-4H3. The minimum absolute atomic E-state index is 0.145. The van der Waals surface area contributed by atoms with E-state index in [4.69, 9.17) is 11.6 Å². The van der Waals surface area contributed by atoms with Crippen molar-refractivity contribution in [3.63, 3.8) is 0 Å². The first-order chi connectivity index (χ1) is 8.90. The van der Waals surface area contributed by atoms with E-state index in [0.717, 1.165) is 11.1 Å². The van der Waals surface area contributed by atoms with Gasteiger partial charge in [-0.3, -0.25) is 0 Å². The molecule has 0 amide bonds. The minimum atomic E-state index is -0.237. The summed E-state index contributed by atoms with van der Waals surface area (Å²) < 4.78 is 13.7. The second-order valence-electron chi connectivity index (χ2n) is 5.19. The highest BCUT2D eigenvalue weighted by molar-refractivity contribution is 6.22. The van der Waals surface area contributed by atoms with E-state index in [1.165, 1.54) is 11.1 Å². The number of benzene rings is 2. The van der Waals surface area contributed by atoms with Gasteiger partial charge in [0.2, 0.25) is 0 Å². The maximum Gasteiger partial charge on any atom is 0.129 e. The minimum Gasteiger partial charge on any atom is -0.206 e. The molecule has 0 aromatic heterocycles. The molecule has 0 aliphatic heterocycles. The van der Waals surface area contributed by atoms with Gasteiger partial charge in [0.05, 0.1) is 5.38 Å². The van der Waals surface area contributed by atoms with Crippen molar-refractivity contribution in [2.24, 2.45) is 0 Å². The quantitative estimate of drug-likeness (QED) is 0.645. The lowest BCUT2D eigenvalue weighted by atomic mass is 9.96. The van der Waals surface area contributed by atoms with Crippen molar-refractivity contribution in [2.45, 2.75) is 33.1 Å². The Hall–Kier alpha value is -1.34. The van der Waals surface area contributed by atoms with Crippen LogP contribution in [0.15, 0.2) is 30.3 Å². The average molecular weight is 277 g/mol. The third-order valence-electron chi connectivity index (χ3n) is 3.45. The van der Waals surface area contributed by atoms with Crippen molar-refractivity contribution < 1.29 is 4.39 Å². The first kappa shape index (κ1) is 14.1. The molecule has 2 aromatic rings. The third-order valence-corrected chi connectivity index (χ3v) is 3.94. The van der Waals surface area contributed by atoms with Crippen molar-refractivity contribution in [2.75, 3.05) is 0 Å². The van der Waals surface area contributed by atoms with Gasteiger partial charge in [0.1, 0.15) is 5.82 Å². The van der Waals surface area contributed by atoms with Crippen LogP contribution in [0.5, 0.6) is 0 Å². The summed E-state index contributed by atoms with van der Waals surface area (Å²) >= 11 is 6.56. The molecule has 2 rings (SSSR count). The van der Waals surface area contributed by atoms with E-state index in [2.05, 4.69) is 32.0 Å². The summed E-state index contributed by atoms with van der Waals surface area (Å²) in [6, 6.07) is 9.89. The van der Waals surface area contributed by atoms with Crippen molar-refractivity contribution in [1.82, 2.24) is 0 Å². The zero-order chi connectivity index (χ0) is 14.2. The molecule has 0 aliphatic rings. The van der Waals surface area contributed by atoms with Crippen LogP contribution < -0.4 is 0 Å². The second-order valence-corrected chi connectivity index (χ2v) is 5.63. The van der Waals surface area contributed by atoms with Gasteiger partial charge in [0.15, 0.2) is 0 Å². The number of rotatable bonds is 2. The molecule has 0 nitrogen and oxygen atoms in total. The van der Waals surface area contributed by atoms with E-state index >= 15 is 0 Å². The Labute approximate surface area is 119 Å². The topological polar surface area (TPSA) is 0 Å². The van der Waals surface area contributed by atoms with Gasteiger partial charge in [-0.05, 0) is 55.5 Å². The van der Waals surface area contributed by atoms with Crippen LogP contribution in [0.4, 0.5) is 4.39 Å². The van der Waals surface area contributed by atoms with Gasteiger partial charge in [-0.15, -0.1) is 11.6 Å². The van der Waals surface area contributed by atoms with Gasteiger partial charge < -0.3 is 0 Å². The predicted octanol–water partition coefficient (Wildman–Crippen LogP) is 5.39. The fourth-order valence-corrected chi connectivity index (χ4v) is 2.79. The SMILES string of the molecule is Cc1ccc(C(Cl)c2cc(C)c(F)c(C)c2)c(C)c1. The predicted molar refractivity (Wildman–Crippen MR) is 79.5 cm³/mol. The van der Waals surface area contributed by atoms with Crippen LogP contribution in [0.25, 0.3) is 0 Å². The monoisotopic (exact) mass is 276 g/mol. The second kappa shape index (κ2) is 5.34. The Morgan fingerprint density at radius 1 is 0.895 bits per heavy atom. The number of halogens is 2. The Balaban J connectivity index is 2.47. The molecule has 2 aromatic carbocycles. The summed E-state index contributed by atoms with van der Waals surface area (Å²) in [6.07, 6.45) is 0. The Bertz CT molecular complexity index is 594. The van der Waals surface area contributed by atoms with Gasteiger partial charge in [-0.1, -0.05) is 35.9 Å². The van der Waals surface area contributed by atoms with Crippen LogP contribution in [-0.4, -0.2) is 0 Å². The summed E-state index contributed by atoms with van der Waals surface area (Å²) in [7, 11) is 0. The lowest BCUT2D eigenvalue weighted by Gasteiger charge is -2.16. The van der Waals surface area contributed by atoms with Gasteiger partial charge >= 0.3 is 0 Å². The highest BCUT2D eigenvalue weighted by atomic mass is 35.5. The maximum absolute atomic E-state index is 13.7. The molecular formula is C17H18ClF. The Kier molecular flexibility index (Phi) is 3.96. The number of hydrogen-bond donors (Lipinski definition) is 0. The molecule has 1 unspecified atom stereocenters. The zero-order valence-corrected chi connectivity index (χ0v) is 12.5. The summed E-state index contributed by atoms with van der Waals surface area (Å²) in [5.74, 6) is -0.145. The summed E-state index contributed by atoms with van der Waals surface area (Å²) in [5, 5.41) is -0.237. The molecule has 0 N–H and O–H groups in total. The smallest absolute Gasteiger partial charge is 0.129 e. The zero-order valence-electron chi connectivity index (χ0n) is 11.7. The highest BCUT2D eigenvalue weighted by Gasteiger charge is 2.15. The van der Waals surface area contributed by atoms with Crippen LogP contribution >= 0.6 is 11.6 Å². The number of alkyl halides is 1. The summed E-state index contributed by atoms with van der Waals surface area (Å²) in [6.45, 7) is 7.67. The van der Waals surface area contributed by atoms with Crippen molar-refractivity contribution >= 4 is 11.6 Å². The Morgan fingerprint density at radius 2 is 1.47 bits per heavy atom. The first-order valence-electron chi connectivity index (χ1n) is 6.38. The summed E-state index contributed by atoms with van der Waals surface area (Å²) in [5.41, 5.74) is 5.70. The molecule has 0 bridgehead atoms. The van der Waals surface area contributed by atoms with Crippen molar-refractivity contribution in [1.29, 1.82) is 0 Å². The molecule has 100 valence electrons. The average Bonchev–Trinajstić information content (AvgIpc) is 2.34. The molecule has 19 heavy (non-hydrogen) atoms. The lowest BCUT2D eigenvalue weighted by molar-refractivity contribution is 0.608. The van der Waals surface area contributed by atoms with E-state index in [9.17, 15) is 4.39 Å². The molecule has 1 atom stereocenters. The van der Waals surface area contributed by atoms with Crippen molar-refractivity contribution in [3.05, 3.63) is 69.5 Å². The number of hydrogen-bond acceptors (Lipinski definition) is 0. The fraction of sp³-hybridized carbons (Fsp3) is 0.294. The maximum atomic E-state index is 13.7. The van der Waals surface area contributed by atoms with E-state index in [1.807, 2.05) is 12.1 Å². The molecule has 2 heteroatoms. The van der Waals surface area contributed by atoms with Gasteiger partial charge in [-0.25, -0.2) is 4.39 Å².